The van der Waals surface area contributed by atoms with Gasteiger partial charge in [0.25, 0.3) is 5.91 Å². The summed E-state index contributed by atoms with van der Waals surface area (Å²) in [7, 11) is 3.06. The summed E-state index contributed by atoms with van der Waals surface area (Å²) in [4.78, 5) is 18.9. The number of amides is 1. The zero-order valence-electron chi connectivity index (χ0n) is 18.2. The Bertz CT molecular complexity index is 1290. The first-order valence-electron chi connectivity index (χ1n) is 10.1. The maximum Gasteiger partial charge on any atom is 0.433 e. The van der Waals surface area contributed by atoms with Gasteiger partial charge < -0.3 is 9.64 Å². The minimum absolute atomic E-state index is 0.0269. The highest BCUT2D eigenvalue weighted by molar-refractivity contribution is 5.99. The number of carbonyl (C=O) groups is 1. The van der Waals surface area contributed by atoms with E-state index in [1.165, 1.54) is 12.0 Å². The number of alkyl halides is 3. The molecule has 3 aromatic heterocycles. The van der Waals surface area contributed by atoms with Crippen LogP contribution in [0.1, 0.15) is 28.7 Å². The van der Waals surface area contributed by atoms with Crippen LogP contribution in [0.2, 0.25) is 0 Å². The summed E-state index contributed by atoms with van der Waals surface area (Å²) in [5.41, 5.74) is 0.0940. The van der Waals surface area contributed by atoms with E-state index in [0.717, 1.165) is 18.0 Å². The van der Waals surface area contributed by atoms with Crippen LogP contribution >= 0.6 is 0 Å². The largest absolute Gasteiger partial charge is 0.497 e. The maximum absolute atomic E-state index is 13.8. The molecule has 11 heteroatoms. The van der Waals surface area contributed by atoms with Crippen LogP contribution in [0, 0.1) is 0 Å². The number of fused-ring (bicyclic) bond motifs is 1. The molecule has 33 heavy (non-hydrogen) atoms. The molecule has 4 rings (SSSR count). The van der Waals surface area contributed by atoms with Gasteiger partial charge in [0, 0.05) is 25.4 Å². The van der Waals surface area contributed by atoms with E-state index in [1.54, 1.807) is 48.3 Å². The molecule has 0 spiro atoms. The molecule has 0 saturated carbocycles. The van der Waals surface area contributed by atoms with Crippen LogP contribution in [-0.2, 0) is 19.3 Å². The third-order valence-electron chi connectivity index (χ3n) is 5.23. The molecule has 0 atom stereocenters. The predicted molar refractivity (Wildman–Crippen MR) is 114 cm³/mol. The molecule has 8 nitrogen and oxygen atoms in total. The number of methoxy groups -OCH3 is 1. The number of aryl methyl sites for hydroxylation is 1. The van der Waals surface area contributed by atoms with E-state index < -0.39 is 17.8 Å². The zero-order valence-corrected chi connectivity index (χ0v) is 18.2. The van der Waals surface area contributed by atoms with Gasteiger partial charge in [-0.1, -0.05) is 0 Å². The zero-order chi connectivity index (χ0) is 23.8. The Morgan fingerprint density at radius 2 is 1.88 bits per heavy atom. The SMILES string of the molecule is CCn1nccc1CN(C)C(=O)c1cnn2c(C(F)(F)F)cc(-c3ccc(OC)cc3)nc12. The van der Waals surface area contributed by atoms with E-state index >= 15 is 0 Å². The molecule has 1 aromatic carbocycles. The van der Waals surface area contributed by atoms with E-state index in [-0.39, 0.29) is 23.4 Å². The van der Waals surface area contributed by atoms with E-state index in [2.05, 4.69) is 15.2 Å². The van der Waals surface area contributed by atoms with Crippen LogP contribution in [0.3, 0.4) is 0 Å². The molecule has 172 valence electrons. The predicted octanol–water partition coefficient (Wildman–Crippen LogP) is 3.91. The molecule has 0 bridgehead atoms. The van der Waals surface area contributed by atoms with Gasteiger partial charge in [-0.2, -0.15) is 23.4 Å². The number of hydrogen-bond donors (Lipinski definition) is 0. The second-order valence-electron chi connectivity index (χ2n) is 7.35. The van der Waals surface area contributed by atoms with Crippen molar-refractivity contribution in [3.63, 3.8) is 0 Å². The van der Waals surface area contributed by atoms with E-state index in [4.69, 9.17) is 4.74 Å². The molecule has 4 aromatic rings. The Labute approximate surface area is 187 Å². The maximum atomic E-state index is 13.8. The van der Waals surface area contributed by atoms with Crippen molar-refractivity contribution < 1.29 is 22.7 Å². The summed E-state index contributed by atoms with van der Waals surface area (Å²) in [6.07, 6.45) is -1.95. The molecular formula is C22H21F3N6O2. The van der Waals surface area contributed by atoms with Crippen LogP contribution < -0.4 is 4.74 Å². The van der Waals surface area contributed by atoms with Crippen molar-refractivity contribution in [2.45, 2.75) is 26.2 Å². The first-order valence-corrected chi connectivity index (χ1v) is 10.1. The average Bonchev–Trinajstić information content (AvgIpc) is 3.43. The van der Waals surface area contributed by atoms with Gasteiger partial charge in [0.1, 0.15) is 11.3 Å². The van der Waals surface area contributed by atoms with Gasteiger partial charge >= 0.3 is 6.18 Å². The molecule has 0 saturated heterocycles. The fourth-order valence-electron chi connectivity index (χ4n) is 3.52. The lowest BCUT2D eigenvalue weighted by atomic mass is 10.1. The Kier molecular flexibility index (Phi) is 5.79. The highest BCUT2D eigenvalue weighted by atomic mass is 19.4. The van der Waals surface area contributed by atoms with Crippen molar-refractivity contribution >= 4 is 11.6 Å². The number of hydrogen-bond acceptors (Lipinski definition) is 5. The molecule has 0 aliphatic rings. The van der Waals surface area contributed by atoms with Crippen molar-refractivity contribution in [1.29, 1.82) is 0 Å². The highest BCUT2D eigenvalue weighted by Gasteiger charge is 2.36. The molecule has 0 fully saturated rings. The second-order valence-corrected chi connectivity index (χ2v) is 7.35. The van der Waals surface area contributed by atoms with Gasteiger partial charge in [0.05, 0.1) is 31.2 Å². The van der Waals surface area contributed by atoms with Crippen molar-refractivity contribution in [3.8, 4) is 17.0 Å². The fourth-order valence-corrected chi connectivity index (χ4v) is 3.52. The molecule has 1 amide bonds. The van der Waals surface area contributed by atoms with Gasteiger partial charge in [0.15, 0.2) is 11.3 Å². The van der Waals surface area contributed by atoms with E-state index in [9.17, 15) is 18.0 Å². The second kappa shape index (κ2) is 8.57. The van der Waals surface area contributed by atoms with Gasteiger partial charge in [0.2, 0.25) is 0 Å². The molecule has 0 unspecified atom stereocenters. The summed E-state index contributed by atoms with van der Waals surface area (Å²) in [6, 6.07) is 9.16. The fraction of sp³-hybridized carbons (Fsp3) is 0.273. The smallest absolute Gasteiger partial charge is 0.433 e. The molecule has 0 N–H and O–H groups in total. The average molecular weight is 458 g/mol. The lowest BCUT2D eigenvalue weighted by molar-refractivity contribution is -0.142. The first kappa shape index (κ1) is 22.3. The standard InChI is InChI=1S/C22H21F3N6O2/c1-4-30-15(9-10-26-30)13-29(2)21(32)17-12-27-31-19(22(23,24)25)11-18(28-20(17)31)14-5-7-16(33-3)8-6-14/h5-12H,4,13H2,1-3H3. The van der Waals surface area contributed by atoms with Gasteiger partial charge in [-0.15, -0.1) is 0 Å². The lowest BCUT2D eigenvalue weighted by Crippen LogP contribution is -2.27. The summed E-state index contributed by atoms with van der Waals surface area (Å²) in [5, 5.41) is 8.00. The Morgan fingerprint density at radius 1 is 1.15 bits per heavy atom. The van der Waals surface area contributed by atoms with Crippen molar-refractivity contribution in [2.24, 2.45) is 0 Å². The molecule has 3 heterocycles. The monoisotopic (exact) mass is 458 g/mol. The van der Waals surface area contributed by atoms with E-state index in [1.807, 2.05) is 6.92 Å². The third-order valence-corrected chi connectivity index (χ3v) is 5.23. The number of aromatic nitrogens is 5. The molecule has 0 aliphatic heterocycles. The van der Waals surface area contributed by atoms with E-state index in [0.29, 0.717) is 22.4 Å². The van der Waals surface area contributed by atoms with Gasteiger partial charge in [-0.3, -0.25) is 9.48 Å². The normalized spacial score (nSPS) is 11.7. The summed E-state index contributed by atoms with van der Waals surface area (Å²) in [6.45, 7) is 2.78. The number of rotatable bonds is 6. The third kappa shape index (κ3) is 4.26. The Balaban J connectivity index is 1.78. The molecule has 0 aliphatic carbocycles. The number of nitrogens with zero attached hydrogens (tertiary/aromatic N) is 6. The number of benzene rings is 1. The van der Waals surface area contributed by atoms with Crippen LogP contribution in [0.5, 0.6) is 5.75 Å². The van der Waals surface area contributed by atoms with Gasteiger partial charge in [-0.25, -0.2) is 9.50 Å². The minimum atomic E-state index is -4.70. The van der Waals surface area contributed by atoms with Crippen molar-refractivity contribution in [3.05, 3.63) is 65.7 Å². The minimum Gasteiger partial charge on any atom is -0.497 e. The van der Waals surface area contributed by atoms with Crippen LogP contribution in [-0.4, -0.2) is 49.3 Å². The summed E-state index contributed by atoms with van der Waals surface area (Å²) in [5.74, 6) is 0.0606. The Morgan fingerprint density at radius 3 is 2.52 bits per heavy atom. The number of ether oxygens (including phenoxy) is 1. The Hall–Kier alpha value is -3.89. The van der Waals surface area contributed by atoms with Crippen LogP contribution in [0.15, 0.2) is 48.8 Å². The van der Waals surface area contributed by atoms with Crippen molar-refractivity contribution in [1.82, 2.24) is 29.3 Å². The van der Waals surface area contributed by atoms with Crippen LogP contribution in [0.25, 0.3) is 16.9 Å². The van der Waals surface area contributed by atoms with Crippen molar-refractivity contribution in [2.75, 3.05) is 14.2 Å². The van der Waals surface area contributed by atoms with Gasteiger partial charge in [-0.05, 0) is 43.3 Å². The number of carbonyl (C=O) groups excluding carboxylic acids is 1. The van der Waals surface area contributed by atoms with Crippen LogP contribution in [0.4, 0.5) is 13.2 Å². The molecule has 0 radical (unpaired) electrons. The quantitative estimate of drug-likeness (QED) is 0.438. The summed E-state index contributed by atoms with van der Waals surface area (Å²) < 4.78 is 49.0. The molecular weight excluding hydrogens is 437 g/mol. The summed E-state index contributed by atoms with van der Waals surface area (Å²) >= 11 is 0. The lowest BCUT2D eigenvalue weighted by Gasteiger charge is -2.17. The topological polar surface area (TPSA) is 77.6 Å². The highest BCUT2D eigenvalue weighted by Crippen LogP contribution is 2.33. The number of halogens is 3. The first-order chi connectivity index (χ1) is 15.7.